The standard InChI is InChI=1S/C9H12F2IN3O/c1-13-9-6(12)4-14-8(15-9)2-3-16-5-7(10)11/h4,7H,2-3,5H2,1H3,(H,13,14,15). The van der Waals surface area contributed by atoms with Crippen molar-refractivity contribution in [1.29, 1.82) is 0 Å². The number of alkyl halides is 2. The normalized spacial score (nSPS) is 10.8. The highest BCUT2D eigenvalue weighted by Gasteiger charge is 2.05. The van der Waals surface area contributed by atoms with Gasteiger partial charge in [-0.3, -0.25) is 0 Å². The van der Waals surface area contributed by atoms with Gasteiger partial charge in [0.15, 0.2) is 0 Å². The molecular weight excluding hydrogens is 331 g/mol. The zero-order chi connectivity index (χ0) is 12.0. The second kappa shape index (κ2) is 6.89. The quantitative estimate of drug-likeness (QED) is 0.634. The van der Waals surface area contributed by atoms with Crippen molar-refractivity contribution in [3.8, 4) is 0 Å². The molecule has 0 bridgehead atoms. The van der Waals surface area contributed by atoms with E-state index in [9.17, 15) is 8.78 Å². The van der Waals surface area contributed by atoms with Gasteiger partial charge in [-0.1, -0.05) is 0 Å². The molecule has 0 saturated carbocycles. The monoisotopic (exact) mass is 343 g/mol. The Morgan fingerprint density at radius 2 is 2.31 bits per heavy atom. The molecule has 0 aliphatic rings. The average molecular weight is 343 g/mol. The highest BCUT2D eigenvalue weighted by Crippen LogP contribution is 2.13. The topological polar surface area (TPSA) is 47.0 Å². The van der Waals surface area contributed by atoms with Gasteiger partial charge in [-0.15, -0.1) is 0 Å². The maximum absolute atomic E-state index is 11.8. The van der Waals surface area contributed by atoms with Gasteiger partial charge in [-0.25, -0.2) is 18.7 Å². The first-order valence-corrected chi connectivity index (χ1v) is 5.76. The molecule has 0 unspecified atom stereocenters. The summed E-state index contributed by atoms with van der Waals surface area (Å²) < 4.78 is 29.2. The third-order valence-corrected chi connectivity index (χ3v) is 2.53. The number of aromatic nitrogens is 2. The first kappa shape index (κ1) is 13.5. The van der Waals surface area contributed by atoms with Crippen molar-refractivity contribution in [1.82, 2.24) is 9.97 Å². The Kier molecular flexibility index (Phi) is 5.81. The van der Waals surface area contributed by atoms with E-state index in [-0.39, 0.29) is 6.61 Å². The van der Waals surface area contributed by atoms with Crippen LogP contribution in [-0.4, -0.2) is 36.7 Å². The lowest BCUT2D eigenvalue weighted by atomic mass is 10.4. The van der Waals surface area contributed by atoms with Crippen molar-refractivity contribution in [2.75, 3.05) is 25.6 Å². The van der Waals surface area contributed by atoms with Crippen LogP contribution in [0.5, 0.6) is 0 Å². The lowest BCUT2D eigenvalue weighted by Crippen LogP contribution is -2.09. The zero-order valence-electron chi connectivity index (χ0n) is 8.71. The minimum Gasteiger partial charge on any atom is -0.375 e. The third-order valence-electron chi connectivity index (χ3n) is 1.74. The summed E-state index contributed by atoms with van der Waals surface area (Å²) in [5.74, 6) is 1.32. The van der Waals surface area contributed by atoms with E-state index < -0.39 is 13.0 Å². The number of hydrogen-bond donors (Lipinski definition) is 1. The predicted molar refractivity (Wildman–Crippen MR) is 64.8 cm³/mol. The molecule has 1 aromatic heterocycles. The molecule has 0 aliphatic heterocycles. The van der Waals surface area contributed by atoms with E-state index in [0.29, 0.717) is 12.2 Å². The van der Waals surface area contributed by atoms with Crippen molar-refractivity contribution in [2.24, 2.45) is 0 Å². The largest absolute Gasteiger partial charge is 0.375 e. The minimum absolute atomic E-state index is 0.202. The van der Waals surface area contributed by atoms with Crippen molar-refractivity contribution in [3.05, 3.63) is 15.6 Å². The molecule has 0 spiro atoms. The number of ether oxygens (including phenoxy) is 1. The Bertz CT molecular complexity index is 339. The molecule has 0 aromatic carbocycles. The summed E-state index contributed by atoms with van der Waals surface area (Å²) in [6.07, 6.45) is -0.314. The summed E-state index contributed by atoms with van der Waals surface area (Å²) in [6, 6.07) is 0. The number of anilines is 1. The van der Waals surface area contributed by atoms with Crippen LogP contribution >= 0.6 is 22.6 Å². The summed E-state index contributed by atoms with van der Waals surface area (Å²) in [7, 11) is 1.77. The number of rotatable bonds is 6. The molecule has 7 heteroatoms. The number of nitrogens with zero attached hydrogens (tertiary/aromatic N) is 2. The maximum Gasteiger partial charge on any atom is 0.261 e. The lowest BCUT2D eigenvalue weighted by Gasteiger charge is -2.06. The van der Waals surface area contributed by atoms with Gasteiger partial charge < -0.3 is 10.1 Å². The van der Waals surface area contributed by atoms with Gasteiger partial charge in [-0.2, -0.15) is 0 Å². The molecule has 1 heterocycles. The highest BCUT2D eigenvalue weighted by atomic mass is 127. The van der Waals surface area contributed by atoms with Gasteiger partial charge in [-0.05, 0) is 22.6 Å². The first-order chi connectivity index (χ1) is 7.63. The molecule has 4 nitrogen and oxygen atoms in total. The molecular formula is C9H12F2IN3O. The van der Waals surface area contributed by atoms with E-state index in [2.05, 4.69) is 37.9 Å². The van der Waals surface area contributed by atoms with Gasteiger partial charge in [0.1, 0.15) is 18.2 Å². The Morgan fingerprint density at radius 1 is 1.56 bits per heavy atom. The van der Waals surface area contributed by atoms with E-state index in [1.807, 2.05) is 0 Å². The molecule has 1 rings (SSSR count). The molecule has 0 amide bonds. The summed E-state index contributed by atoms with van der Waals surface area (Å²) in [6.45, 7) is -0.336. The average Bonchev–Trinajstić information content (AvgIpc) is 2.26. The molecule has 1 aromatic rings. The fourth-order valence-electron chi connectivity index (χ4n) is 1.04. The Morgan fingerprint density at radius 3 is 2.94 bits per heavy atom. The number of halogens is 3. The van der Waals surface area contributed by atoms with E-state index >= 15 is 0 Å². The second-order valence-corrected chi connectivity index (χ2v) is 4.11. The van der Waals surface area contributed by atoms with Crippen LogP contribution < -0.4 is 5.32 Å². The first-order valence-electron chi connectivity index (χ1n) is 4.68. The van der Waals surface area contributed by atoms with Crippen LogP contribution in [0, 0.1) is 3.57 Å². The Hall–Kier alpha value is -0.570. The van der Waals surface area contributed by atoms with Gasteiger partial charge in [0, 0.05) is 19.7 Å². The number of nitrogens with one attached hydrogen (secondary N) is 1. The Balaban J connectivity index is 2.42. The summed E-state index contributed by atoms with van der Waals surface area (Å²) in [5.41, 5.74) is 0. The fourth-order valence-corrected chi connectivity index (χ4v) is 1.56. The van der Waals surface area contributed by atoms with Crippen molar-refractivity contribution in [3.63, 3.8) is 0 Å². The van der Waals surface area contributed by atoms with Crippen LogP contribution in [0.2, 0.25) is 0 Å². The van der Waals surface area contributed by atoms with E-state index in [0.717, 1.165) is 9.39 Å². The zero-order valence-corrected chi connectivity index (χ0v) is 10.9. The van der Waals surface area contributed by atoms with E-state index in [1.54, 1.807) is 13.2 Å². The molecule has 16 heavy (non-hydrogen) atoms. The van der Waals surface area contributed by atoms with Gasteiger partial charge in [0.05, 0.1) is 10.2 Å². The summed E-state index contributed by atoms with van der Waals surface area (Å²) in [4.78, 5) is 8.29. The van der Waals surface area contributed by atoms with Crippen LogP contribution in [0.4, 0.5) is 14.6 Å². The molecule has 0 saturated heterocycles. The predicted octanol–water partition coefficient (Wildman–Crippen LogP) is 1.95. The molecule has 0 aliphatic carbocycles. The van der Waals surface area contributed by atoms with Crippen LogP contribution in [0.25, 0.3) is 0 Å². The maximum atomic E-state index is 11.8. The molecule has 1 N–H and O–H groups in total. The smallest absolute Gasteiger partial charge is 0.261 e. The van der Waals surface area contributed by atoms with Crippen molar-refractivity contribution in [2.45, 2.75) is 12.8 Å². The lowest BCUT2D eigenvalue weighted by molar-refractivity contribution is 0.0183. The van der Waals surface area contributed by atoms with Crippen LogP contribution in [-0.2, 0) is 11.2 Å². The van der Waals surface area contributed by atoms with Gasteiger partial charge >= 0.3 is 0 Å². The molecule has 0 fully saturated rings. The van der Waals surface area contributed by atoms with Gasteiger partial charge in [0.2, 0.25) is 0 Å². The van der Waals surface area contributed by atoms with Crippen molar-refractivity contribution < 1.29 is 13.5 Å². The van der Waals surface area contributed by atoms with Crippen LogP contribution in [0.15, 0.2) is 6.20 Å². The third kappa shape index (κ3) is 4.52. The SMILES string of the molecule is CNc1nc(CCOCC(F)F)ncc1I. The Labute approximate surface area is 106 Å². The van der Waals surface area contributed by atoms with Gasteiger partial charge in [0.25, 0.3) is 6.43 Å². The fraction of sp³-hybridized carbons (Fsp3) is 0.556. The summed E-state index contributed by atoms with van der Waals surface area (Å²) in [5, 5.41) is 2.92. The second-order valence-electron chi connectivity index (χ2n) is 2.95. The van der Waals surface area contributed by atoms with Crippen LogP contribution in [0.3, 0.4) is 0 Å². The number of hydrogen-bond acceptors (Lipinski definition) is 4. The van der Waals surface area contributed by atoms with E-state index in [4.69, 9.17) is 4.74 Å². The molecule has 0 radical (unpaired) electrons. The van der Waals surface area contributed by atoms with E-state index in [1.165, 1.54) is 0 Å². The van der Waals surface area contributed by atoms with Crippen LogP contribution in [0.1, 0.15) is 5.82 Å². The minimum atomic E-state index is -2.43. The molecule has 90 valence electrons. The van der Waals surface area contributed by atoms with Crippen molar-refractivity contribution >= 4 is 28.4 Å². The summed E-state index contributed by atoms with van der Waals surface area (Å²) >= 11 is 2.11. The molecule has 0 atom stereocenters. The highest BCUT2D eigenvalue weighted by molar-refractivity contribution is 14.1.